The Bertz CT molecular complexity index is 753. The first-order valence-electron chi connectivity index (χ1n) is 8.62. The minimum Gasteiger partial charge on any atom is -0.487 e. The molecule has 1 aliphatic heterocycles. The van der Waals surface area contributed by atoms with Crippen LogP contribution in [-0.2, 0) is 10.4 Å². The fourth-order valence-electron chi connectivity index (χ4n) is 3.39. The van der Waals surface area contributed by atoms with Gasteiger partial charge in [0.15, 0.2) is 0 Å². The van der Waals surface area contributed by atoms with Gasteiger partial charge in [-0.25, -0.2) is 0 Å². The Kier molecular flexibility index (Phi) is 4.56. The van der Waals surface area contributed by atoms with Gasteiger partial charge in [0.05, 0.1) is 18.1 Å². The van der Waals surface area contributed by atoms with Crippen molar-refractivity contribution in [3.63, 3.8) is 0 Å². The summed E-state index contributed by atoms with van der Waals surface area (Å²) in [5.41, 5.74) is 0.159. The normalized spacial score (nSPS) is 20.7. The van der Waals surface area contributed by atoms with E-state index >= 15 is 0 Å². The third kappa shape index (κ3) is 4.02. The third-order valence-electron chi connectivity index (χ3n) is 4.61. The van der Waals surface area contributed by atoms with Crippen LogP contribution < -0.4 is 10.1 Å². The third-order valence-corrected chi connectivity index (χ3v) is 4.61. The van der Waals surface area contributed by atoms with Gasteiger partial charge in [0.1, 0.15) is 11.4 Å². The van der Waals surface area contributed by atoms with Gasteiger partial charge in [0, 0.05) is 12.0 Å². The molecule has 0 aliphatic carbocycles. The molecule has 0 bridgehead atoms. The topological polar surface area (TPSA) is 58.6 Å². The number of carbonyl (C=O) groups is 1. The van der Waals surface area contributed by atoms with Gasteiger partial charge >= 0.3 is 0 Å². The standard InChI is InChI=1S/C21H25NO3/c1-20(2)13-17(16-11-7-8-12-18(16)25-20)22-19(23)14-21(3,24)15-9-5-4-6-10-15/h4-12,17,24H,13-14H2,1-3H3,(H,22,23). The molecule has 25 heavy (non-hydrogen) atoms. The molecule has 0 fully saturated rings. The van der Waals surface area contributed by atoms with Gasteiger partial charge in [-0.2, -0.15) is 0 Å². The summed E-state index contributed by atoms with van der Waals surface area (Å²) in [6.45, 7) is 5.70. The number of amides is 1. The van der Waals surface area contributed by atoms with Crippen molar-refractivity contribution in [3.05, 3.63) is 65.7 Å². The van der Waals surface area contributed by atoms with Gasteiger partial charge in [0.25, 0.3) is 0 Å². The van der Waals surface area contributed by atoms with Gasteiger partial charge in [-0.05, 0) is 32.4 Å². The number of fused-ring (bicyclic) bond motifs is 1. The maximum absolute atomic E-state index is 12.6. The molecule has 2 aromatic rings. The van der Waals surface area contributed by atoms with E-state index in [0.717, 1.165) is 16.9 Å². The second-order valence-corrected chi connectivity index (χ2v) is 7.54. The number of nitrogens with one attached hydrogen (secondary N) is 1. The van der Waals surface area contributed by atoms with Crippen molar-refractivity contribution in [2.24, 2.45) is 0 Å². The molecule has 1 amide bonds. The molecule has 0 radical (unpaired) electrons. The second kappa shape index (κ2) is 6.52. The van der Waals surface area contributed by atoms with Gasteiger partial charge in [-0.3, -0.25) is 4.79 Å². The molecule has 0 saturated carbocycles. The smallest absolute Gasteiger partial charge is 0.223 e. The number of hydrogen-bond acceptors (Lipinski definition) is 3. The molecule has 1 heterocycles. The summed E-state index contributed by atoms with van der Waals surface area (Å²) >= 11 is 0. The van der Waals surface area contributed by atoms with Crippen molar-refractivity contribution in [1.29, 1.82) is 0 Å². The first-order valence-corrected chi connectivity index (χ1v) is 8.62. The molecular weight excluding hydrogens is 314 g/mol. The van der Waals surface area contributed by atoms with Crippen LogP contribution in [0.3, 0.4) is 0 Å². The monoisotopic (exact) mass is 339 g/mol. The van der Waals surface area contributed by atoms with Gasteiger partial charge < -0.3 is 15.2 Å². The maximum Gasteiger partial charge on any atom is 0.223 e. The quantitative estimate of drug-likeness (QED) is 0.893. The molecule has 0 spiro atoms. The number of benzene rings is 2. The minimum atomic E-state index is -1.20. The average Bonchev–Trinajstić information content (AvgIpc) is 2.54. The first kappa shape index (κ1) is 17.5. The number of rotatable bonds is 4. The Balaban J connectivity index is 1.75. The number of carbonyl (C=O) groups excluding carboxylic acids is 1. The lowest BCUT2D eigenvalue weighted by atomic mass is 9.88. The summed E-state index contributed by atoms with van der Waals surface area (Å²) in [5.74, 6) is 0.630. The Morgan fingerprint density at radius 2 is 1.84 bits per heavy atom. The van der Waals surface area contributed by atoms with Crippen LogP contribution in [0.4, 0.5) is 0 Å². The Labute approximate surface area is 148 Å². The van der Waals surface area contributed by atoms with Crippen molar-refractivity contribution in [1.82, 2.24) is 5.32 Å². The van der Waals surface area contributed by atoms with E-state index in [2.05, 4.69) is 5.32 Å². The summed E-state index contributed by atoms with van der Waals surface area (Å²) in [6.07, 6.45) is 0.695. The van der Waals surface area contributed by atoms with Crippen molar-refractivity contribution in [3.8, 4) is 5.75 Å². The van der Waals surface area contributed by atoms with Gasteiger partial charge in [0.2, 0.25) is 5.91 Å². The predicted octanol–water partition coefficient (Wildman–Crippen LogP) is 3.70. The first-order chi connectivity index (χ1) is 11.8. The molecule has 2 aromatic carbocycles. The highest BCUT2D eigenvalue weighted by Gasteiger charge is 2.35. The largest absolute Gasteiger partial charge is 0.487 e. The minimum absolute atomic E-state index is 0.0109. The van der Waals surface area contributed by atoms with Crippen LogP contribution in [0.15, 0.2) is 54.6 Å². The van der Waals surface area contributed by atoms with Crippen LogP contribution in [0.2, 0.25) is 0 Å². The van der Waals surface area contributed by atoms with Crippen molar-refractivity contribution >= 4 is 5.91 Å². The van der Waals surface area contributed by atoms with Crippen LogP contribution in [0.25, 0.3) is 0 Å². The van der Waals surface area contributed by atoms with E-state index in [1.54, 1.807) is 6.92 Å². The van der Waals surface area contributed by atoms with E-state index < -0.39 is 5.60 Å². The van der Waals surface area contributed by atoms with Crippen molar-refractivity contribution in [2.45, 2.75) is 50.9 Å². The maximum atomic E-state index is 12.6. The molecule has 4 nitrogen and oxygen atoms in total. The second-order valence-electron chi connectivity index (χ2n) is 7.54. The molecule has 2 unspecified atom stereocenters. The van der Waals surface area contributed by atoms with Gasteiger partial charge in [-0.15, -0.1) is 0 Å². The Morgan fingerprint density at radius 1 is 1.20 bits per heavy atom. The predicted molar refractivity (Wildman–Crippen MR) is 97.3 cm³/mol. The van der Waals surface area contributed by atoms with Crippen LogP contribution in [0.5, 0.6) is 5.75 Å². The molecule has 4 heteroatoms. The lowest BCUT2D eigenvalue weighted by Gasteiger charge is -2.38. The van der Waals surface area contributed by atoms with E-state index in [1.807, 2.05) is 68.4 Å². The average molecular weight is 339 g/mol. The van der Waals surface area contributed by atoms with E-state index in [-0.39, 0.29) is 24.0 Å². The number of hydrogen-bond donors (Lipinski definition) is 2. The van der Waals surface area contributed by atoms with Crippen LogP contribution in [0, 0.1) is 0 Å². The van der Waals surface area contributed by atoms with Crippen LogP contribution >= 0.6 is 0 Å². The van der Waals surface area contributed by atoms with Crippen LogP contribution in [-0.4, -0.2) is 16.6 Å². The van der Waals surface area contributed by atoms with E-state index in [4.69, 9.17) is 4.74 Å². The fraction of sp³-hybridized carbons (Fsp3) is 0.381. The summed E-state index contributed by atoms with van der Waals surface area (Å²) in [5, 5.41) is 13.8. The lowest BCUT2D eigenvalue weighted by molar-refractivity contribution is -0.127. The highest BCUT2D eigenvalue weighted by atomic mass is 16.5. The highest BCUT2D eigenvalue weighted by Crippen LogP contribution is 2.39. The van der Waals surface area contributed by atoms with E-state index in [0.29, 0.717) is 6.42 Å². The fourth-order valence-corrected chi connectivity index (χ4v) is 3.39. The molecule has 2 atom stereocenters. The zero-order valence-electron chi connectivity index (χ0n) is 15.0. The SMILES string of the molecule is CC1(C)CC(NC(=O)CC(C)(O)c2ccccc2)c2ccccc2O1. The molecule has 3 rings (SSSR count). The summed E-state index contributed by atoms with van der Waals surface area (Å²) < 4.78 is 6.00. The van der Waals surface area contributed by atoms with Crippen LogP contribution in [0.1, 0.15) is 50.8 Å². The molecule has 132 valence electrons. The molecular formula is C21H25NO3. The summed E-state index contributed by atoms with van der Waals surface area (Å²) in [7, 11) is 0. The Hall–Kier alpha value is -2.33. The lowest BCUT2D eigenvalue weighted by Crippen LogP contribution is -2.42. The summed E-state index contributed by atoms with van der Waals surface area (Å²) in [6, 6.07) is 16.9. The molecule has 1 aliphatic rings. The number of ether oxygens (including phenoxy) is 1. The molecule has 0 aromatic heterocycles. The van der Waals surface area contributed by atoms with E-state index in [1.165, 1.54) is 0 Å². The zero-order valence-corrected chi connectivity index (χ0v) is 15.0. The summed E-state index contributed by atoms with van der Waals surface area (Å²) in [4.78, 5) is 12.6. The molecule has 0 saturated heterocycles. The zero-order chi connectivity index (χ0) is 18.1. The number of aliphatic hydroxyl groups is 1. The number of para-hydroxylation sites is 1. The Morgan fingerprint density at radius 3 is 2.56 bits per heavy atom. The van der Waals surface area contributed by atoms with Crippen molar-refractivity contribution in [2.75, 3.05) is 0 Å². The molecule has 2 N–H and O–H groups in total. The van der Waals surface area contributed by atoms with Crippen molar-refractivity contribution < 1.29 is 14.6 Å². The van der Waals surface area contributed by atoms with Gasteiger partial charge in [-0.1, -0.05) is 48.5 Å². The highest BCUT2D eigenvalue weighted by molar-refractivity contribution is 5.78. The van der Waals surface area contributed by atoms with E-state index in [9.17, 15) is 9.90 Å².